The summed E-state index contributed by atoms with van der Waals surface area (Å²) in [7, 11) is 1.24. The molecule has 0 radical (unpaired) electrons. The van der Waals surface area contributed by atoms with Crippen LogP contribution in [0.3, 0.4) is 0 Å². The zero-order valence-electron chi connectivity index (χ0n) is 12.7. The largest absolute Gasteiger partial charge is 0.465 e. The highest BCUT2D eigenvalue weighted by molar-refractivity contribution is 9.10. The number of rotatable bonds is 6. The van der Waals surface area contributed by atoms with Crippen molar-refractivity contribution in [2.24, 2.45) is 0 Å². The van der Waals surface area contributed by atoms with Gasteiger partial charge in [-0.2, -0.15) is 0 Å². The molecule has 0 bridgehead atoms. The molecule has 8 heteroatoms. The fraction of sp³-hybridized carbons (Fsp3) is 0.188. The summed E-state index contributed by atoms with van der Waals surface area (Å²) < 4.78 is 15.4. The van der Waals surface area contributed by atoms with E-state index in [-0.39, 0.29) is 24.5 Å². The molecule has 1 aromatic heterocycles. The molecule has 2 rings (SSSR count). The highest BCUT2D eigenvalue weighted by Gasteiger charge is 2.17. The van der Waals surface area contributed by atoms with Gasteiger partial charge in [-0.15, -0.1) is 0 Å². The van der Waals surface area contributed by atoms with Gasteiger partial charge in [0.05, 0.1) is 13.4 Å². The van der Waals surface area contributed by atoms with Crippen molar-refractivity contribution in [1.82, 2.24) is 5.32 Å². The maximum absolute atomic E-state index is 11.9. The molecule has 0 saturated carbocycles. The van der Waals surface area contributed by atoms with Crippen molar-refractivity contribution in [2.75, 3.05) is 13.7 Å². The Morgan fingerprint density at radius 1 is 1.25 bits per heavy atom. The van der Waals surface area contributed by atoms with E-state index in [1.54, 1.807) is 24.3 Å². The molecule has 24 heavy (non-hydrogen) atoms. The third kappa shape index (κ3) is 4.69. The van der Waals surface area contributed by atoms with E-state index < -0.39 is 17.8 Å². The number of amides is 1. The minimum Gasteiger partial charge on any atom is -0.465 e. The van der Waals surface area contributed by atoms with Crippen molar-refractivity contribution in [2.45, 2.75) is 6.61 Å². The summed E-state index contributed by atoms with van der Waals surface area (Å²) >= 11 is 3.26. The Morgan fingerprint density at radius 2 is 2.04 bits per heavy atom. The molecule has 7 nitrogen and oxygen atoms in total. The number of methoxy groups -OCH3 is 1. The van der Waals surface area contributed by atoms with Crippen LogP contribution >= 0.6 is 15.9 Å². The van der Waals surface area contributed by atoms with E-state index in [1.165, 1.54) is 19.4 Å². The van der Waals surface area contributed by atoms with Gasteiger partial charge in [0.25, 0.3) is 5.91 Å². The van der Waals surface area contributed by atoms with Gasteiger partial charge in [-0.25, -0.2) is 4.79 Å². The second kappa shape index (κ2) is 8.30. The van der Waals surface area contributed by atoms with E-state index in [1.807, 2.05) is 0 Å². The number of hydrogen-bond acceptors (Lipinski definition) is 6. The van der Waals surface area contributed by atoms with Crippen LogP contribution in [0.25, 0.3) is 0 Å². The number of esters is 2. The minimum atomic E-state index is -0.662. The Morgan fingerprint density at radius 3 is 2.75 bits per heavy atom. The van der Waals surface area contributed by atoms with Crippen LogP contribution in [0.2, 0.25) is 0 Å². The number of hydrogen-bond donors (Lipinski definition) is 1. The number of carbonyl (C=O) groups is 3. The second-order valence-electron chi connectivity index (χ2n) is 4.60. The molecule has 2 aromatic rings. The van der Waals surface area contributed by atoms with Gasteiger partial charge in [0.15, 0.2) is 5.76 Å². The highest BCUT2D eigenvalue weighted by atomic mass is 79.9. The molecule has 0 spiro atoms. The monoisotopic (exact) mass is 395 g/mol. The third-order valence-corrected chi connectivity index (χ3v) is 3.49. The van der Waals surface area contributed by atoms with Crippen molar-refractivity contribution < 1.29 is 28.3 Å². The molecule has 0 aliphatic carbocycles. The van der Waals surface area contributed by atoms with Crippen molar-refractivity contribution in [3.63, 3.8) is 0 Å². The van der Waals surface area contributed by atoms with Gasteiger partial charge in [0, 0.05) is 10.0 Å². The quantitative estimate of drug-likeness (QED) is 0.753. The van der Waals surface area contributed by atoms with Gasteiger partial charge in [0.1, 0.15) is 18.7 Å². The maximum atomic E-state index is 11.9. The van der Waals surface area contributed by atoms with Crippen molar-refractivity contribution in [3.05, 3.63) is 58.0 Å². The second-order valence-corrected chi connectivity index (χ2v) is 5.52. The van der Waals surface area contributed by atoms with Crippen LogP contribution in [0.4, 0.5) is 0 Å². The fourth-order valence-corrected chi connectivity index (χ4v) is 2.22. The normalized spacial score (nSPS) is 10.1. The Kier molecular flexibility index (Phi) is 6.14. The lowest BCUT2D eigenvalue weighted by atomic mass is 10.2. The van der Waals surface area contributed by atoms with E-state index in [2.05, 4.69) is 26.0 Å². The Hall–Kier alpha value is -2.61. The lowest BCUT2D eigenvalue weighted by molar-refractivity contribution is -0.144. The van der Waals surface area contributed by atoms with E-state index in [9.17, 15) is 14.4 Å². The molecule has 1 N–H and O–H groups in total. The summed E-state index contributed by atoms with van der Waals surface area (Å²) in [6, 6.07) is 8.17. The SMILES string of the molecule is COC(=O)c1ccoc1COC(=O)CNC(=O)c1cccc(Br)c1. The molecule has 0 aliphatic rings. The number of nitrogens with one attached hydrogen (secondary N) is 1. The number of ether oxygens (including phenoxy) is 2. The Labute approximate surface area is 146 Å². The van der Waals surface area contributed by atoms with E-state index in [4.69, 9.17) is 9.15 Å². The fourth-order valence-electron chi connectivity index (χ4n) is 1.83. The first-order valence-electron chi connectivity index (χ1n) is 6.85. The van der Waals surface area contributed by atoms with Crippen LogP contribution < -0.4 is 5.32 Å². The molecular formula is C16H14BrNO6. The van der Waals surface area contributed by atoms with E-state index >= 15 is 0 Å². The molecule has 1 heterocycles. The number of furan rings is 1. The van der Waals surface area contributed by atoms with E-state index in [0.29, 0.717) is 5.56 Å². The number of halogens is 1. The van der Waals surface area contributed by atoms with E-state index in [0.717, 1.165) is 4.47 Å². The zero-order chi connectivity index (χ0) is 17.5. The molecule has 0 unspecified atom stereocenters. The summed E-state index contributed by atoms with van der Waals surface area (Å²) in [6.07, 6.45) is 1.30. The summed E-state index contributed by atoms with van der Waals surface area (Å²) in [6.45, 7) is -0.539. The molecule has 0 saturated heterocycles. The van der Waals surface area contributed by atoms with Crippen molar-refractivity contribution in [3.8, 4) is 0 Å². The van der Waals surface area contributed by atoms with Crippen molar-refractivity contribution >= 4 is 33.8 Å². The topological polar surface area (TPSA) is 94.8 Å². The van der Waals surface area contributed by atoms with Crippen molar-refractivity contribution in [1.29, 1.82) is 0 Å². The standard InChI is InChI=1S/C16H14BrNO6/c1-22-16(21)12-5-6-23-13(12)9-24-14(19)8-18-15(20)10-3-2-4-11(17)7-10/h2-7H,8-9H2,1H3,(H,18,20). The first-order chi connectivity index (χ1) is 11.5. The minimum absolute atomic E-state index is 0.175. The van der Waals surface area contributed by atoms with Gasteiger partial charge >= 0.3 is 11.9 Å². The van der Waals surface area contributed by atoms with Crippen LogP contribution in [0.1, 0.15) is 26.5 Å². The van der Waals surface area contributed by atoms with Crippen LogP contribution in [0.5, 0.6) is 0 Å². The van der Waals surface area contributed by atoms with Crippen LogP contribution in [-0.4, -0.2) is 31.5 Å². The molecule has 0 aliphatic heterocycles. The van der Waals surface area contributed by atoms with Gasteiger partial charge in [-0.1, -0.05) is 22.0 Å². The van der Waals surface area contributed by atoms with Gasteiger partial charge < -0.3 is 19.2 Å². The molecule has 1 aromatic carbocycles. The number of carbonyl (C=O) groups excluding carboxylic acids is 3. The first kappa shape index (κ1) is 17.7. The predicted octanol–water partition coefficient (Wildman–Crippen LogP) is 2.30. The first-order valence-corrected chi connectivity index (χ1v) is 7.64. The summed E-state index contributed by atoms with van der Waals surface area (Å²) in [5, 5.41) is 2.45. The lowest BCUT2D eigenvalue weighted by Crippen LogP contribution is -2.30. The molecule has 0 fully saturated rings. The average molecular weight is 396 g/mol. The summed E-state index contributed by atoms with van der Waals surface area (Å²) in [5.41, 5.74) is 0.597. The van der Waals surface area contributed by atoms with Gasteiger partial charge in [-0.3, -0.25) is 9.59 Å². The van der Waals surface area contributed by atoms with Crippen LogP contribution in [0, 0.1) is 0 Å². The zero-order valence-corrected chi connectivity index (χ0v) is 14.3. The molecular weight excluding hydrogens is 382 g/mol. The predicted molar refractivity (Wildman–Crippen MR) is 86.3 cm³/mol. The van der Waals surface area contributed by atoms with Crippen LogP contribution in [0.15, 0.2) is 45.5 Å². The summed E-state index contributed by atoms with van der Waals surface area (Å²) in [5.74, 6) is -1.47. The lowest BCUT2D eigenvalue weighted by Gasteiger charge is -2.06. The molecule has 0 atom stereocenters. The Balaban J connectivity index is 1.83. The molecule has 1 amide bonds. The Bertz CT molecular complexity index is 755. The molecule has 126 valence electrons. The third-order valence-electron chi connectivity index (χ3n) is 3.00. The highest BCUT2D eigenvalue weighted by Crippen LogP contribution is 2.13. The summed E-state index contributed by atoms with van der Waals surface area (Å²) in [4.78, 5) is 35.0. The maximum Gasteiger partial charge on any atom is 0.341 e. The van der Waals surface area contributed by atoms with Gasteiger partial charge in [0.2, 0.25) is 0 Å². The van der Waals surface area contributed by atoms with Gasteiger partial charge in [-0.05, 0) is 24.3 Å². The van der Waals surface area contributed by atoms with Crippen LogP contribution in [-0.2, 0) is 20.9 Å². The average Bonchev–Trinajstić information content (AvgIpc) is 3.05. The number of benzene rings is 1. The smallest absolute Gasteiger partial charge is 0.341 e.